The maximum absolute atomic E-state index is 12.3. The van der Waals surface area contributed by atoms with Crippen molar-refractivity contribution in [3.63, 3.8) is 0 Å². The molecule has 3 rings (SSSR count). The lowest BCUT2D eigenvalue weighted by molar-refractivity contribution is -0.130. The second-order valence-electron chi connectivity index (χ2n) is 7.22. The zero-order valence-corrected chi connectivity index (χ0v) is 15.6. The maximum atomic E-state index is 12.3. The summed E-state index contributed by atoms with van der Waals surface area (Å²) in [5.41, 5.74) is 0.185. The molecule has 1 aliphatic heterocycles. The molecule has 2 atom stereocenters. The molecule has 2 fully saturated rings. The largest absolute Gasteiger partial charge is 0.390 e. The molecule has 1 N–H and O–H groups in total. The molecule has 1 aromatic heterocycles. The number of piperidine rings is 1. The summed E-state index contributed by atoms with van der Waals surface area (Å²) in [5, 5.41) is 6.57. The third-order valence-electron chi connectivity index (χ3n) is 4.89. The first-order valence-corrected chi connectivity index (χ1v) is 10.5. The summed E-state index contributed by atoms with van der Waals surface area (Å²) >= 11 is 0. The average molecular weight is 409 g/mol. The van der Waals surface area contributed by atoms with Crippen molar-refractivity contribution in [1.29, 1.82) is 0 Å². The number of nitrogens with one attached hydrogen (secondary N) is 1. The predicted octanol–water partition coefficient (Wildman–Crippen LogP) is 2.42. The van der Waals surface area contributed by atoms with Gasteiger partial charge in [-0.3, -0.25) is 4.79 Å². The molecule has 11 heteroatoms. The summed E-state index contributed by atoms with van der Waals surface area (Å²) in [6.45, 7) is 1.70. The normalized spacial score (nSPS) is 24.7. The van der Waals surface area contributed by atoms with Crippen LogP contribution in [-0.4, -0.2) is 54.3 Å². The van der Waals surface area contributed by atoms with E-state index < -0.39 is 40.3 Å². The summed E-state index contributed by atoms with van der Waals surface area (Å²) in [6.07, 6.45) is -3.18. The monoisotopic (exact) mass is 409 g/mol. The van der Waals surface area contributed by atoms with E-state index in [2.05, 4.69) is 10.5 Å². The standard InChI is InChI=1S/C16H22F3N3O4S/c1-10-8-12(4-6-22(10)27(24,25)7-5-16(17,18)19)20-15(23)13-9-14(26-21-13)11-2-3-11/h9-12H,2-8H2,1H3,(H,20,23)/t10-,12+/m0/s1. The minimum Gasteiger partial charge on any atom is -0.360 e. The Balaban J connectivity index is 1.53. The molecule has 7 nitrogen and oxygen atoms in total. The molecule has 0 bridgehead atoms. The smallest absolute Gasteiger partial charge is 0.360 e. The molecule has 0 spiro atoms. The van der Waals surface area contributed by atoms with Gasteiger partial charge in [-0.25, -0.2) is 8.42 Å². The van der Waals surface area contributed by atoms with E-state index in [9.17, 15) is 26.4 Å². The Hall–Kier alpha value is -1.62. The minimum absolute atomic E-state index is 0.0679. The third-order valence-corrected chi connectivity index (χ3v) is 6.87. The van der Waals surface area contributed by atoms with E-state index >= 15 is 0 Å². The lowest BCUT2D eigenvalue weighted by Crippen LogP contribution is -2.51. The molecule has 1 saturated carbocycles. The zero-order chi connectivity index (χ0) is 19.8. The molecule has 0 aromatic carbocycles. The third kappa shape index (κ3) is 5.22. The van der Waals surface area contributed by atoms with E-state index in [0.29, 0.717) is 24.5 Å². The van der Waals surface area contributed by atoms with Gasteiger partial charge >= 0.3 is 6.18 Å². The van der Waals surface area contributed by atoms with Crippen molar-refractivity contribution < 1.29 is 30.9 Å². The second kappa shape index (κ2) is 7.42. The molecule has 0 radical (unpaired) electrons. The number of nitrogens with zero attached hydrogens (tertiary/aromatic N) is 2. The fourth-order valence-electron chi connectivity index (χ4n) is 3.27. The summed E-state index contributed by atoms with van der Waals surface area (Å²) in [7, 11) is -4.00. The molecule has 1 saturated heterocycles. The van der Waals surface area contributed by atoms with Crippen molar-refractivity contribution in [2.45, 2.75) is 63.2 Å². The van der Waals surface area contributed by atoms with E-state index in [0.717, 1.165) is 17.1 Å². The number of carbonyl (C=O) groups excluding carboxylic acids is 1. The molecule has 27 heavy (non-hydrogen) atoms. The summed E-state index contributed by atoms with van der Waals surface area (Å²) < 4.78 is 67.6. The van der Waals surface area contributed by atoms with E-state index in [1.54, 1.807) is 13.0 Å². The molecular formula is C16H22F3N3O4S. The van der Waals surface area contributed by atoms with Crippen LogP contribution in [0.1, 0.15) is 61.2 Å². The van der Waals surface area contributed by atoms with Gasteiger partial charge in [0.1, 0.15) is 5.76 Å². The highest BCUT2D eigenvalue weighted by Gasteiger charge is 2.37. The lowest BCUT2D eigenvalue weighted by Gasteiger charge is -2.36. The van der Waals surface area contributed by atoms with Gasteiger partial charge in [0, 0.05) is 30.6 Å². The van der Waals surface area contributed by atoms with Crippen LogP contribution in [0.2, 0.25) is 0 Å². The highest BCUT2D eigenvalue weighted by atomic mass is 32.2. The van der Waals surface area contributed by atoms with E-state index in [4.69, 9.17) is 4.52 Å². The Morgan fingerprint density at radius 3 is 2.67 bits per heavy atom. The van der Waals surface area contributed by atoms with Crippen LogP contribution < -0.4 is 5.32 Å². The number of aromatic nitrogens is 1. The van der Waals surface area contributed by atoms with Crippen LogP contribution in [0.3, 0.4) is 0 Å². The number of carbonyl (C=O) groups is 1. The maximum Gasteiger partial charge on any atom is 0.390 e. The first-order chi connectivity index (χ1) is 12.5. The number of alkyl halides is 3. The first-order valence-electron chi connectivity index (χ1n) is 8.89. The molecule has 1 aliphatic carbocycles. The van der Waals surface area contributed by atoms with Gasteiger partial charge in [0.2, 0.25) is 10.0 Å². The van der Waals surface area contributed by atoms with E-state index in [-0.39, 0.29) is 18.3 Å². The Morgan fingerprint density at radius 1 is 1.37 bits per heavy atom. The Morgan fingerprint density at radius 2 is 2.07 bits per heavy atom. The molecule has 1 aromatic rings. The summed E-state index contributed by atoms with van der Waals surface area (Å²) in [5.74, 6) is -0.319. The number of hydrogen-bond acceptors (Lipinski definition) is 5. The lowest BCUT2D eigenvalue weighted by atomic mass is 10.0. The van der Waals surface area contributed by atoms with E-state index in [1.165, 1.54) is 0 Å². The first kappa shape index (κ1) is 20.1. The minimum atomic E-state index is -4.51. The summed E-state index contributed by atoms with van der Waals surface area (Å²) in [6, 6.07) is 0.844. The van der Waals surface area contributed by atoms with Gasteiger partial charge in [-0.15, -0.1) is 0 Å². The van der Waals surface area contributed by atoms with Crippen LogP contribution in [0, 0.1) is 0 Å². The SMILES string of the molecule is C[C@H]1C[C@H](NC(=O)c2cc(C3CC3)on2)CCN1S(=O)(=O)CCC(F)(F)F. The number of hydrogen-bond donors (Lipinski definition) is 1. The van der Waals surface area contributed by atoms with Crippen LogP contribution in [-0.2, 0) is 10.0 Å². The average Bonchev–Trinajstić information content (AvgIpc) is 3.29. The predicted molar refractivity (Wildman–Crippen MR) is 89.6 cm³/mol. The number of amides is 1. The van der Waals surface area contributed by atoms with Crippen LogP contribution in [0.4, 0.5) is 13.2 Å². The summed E-state index contributed by atoms with van der Waals surface area (Å²) in [4.78, 5) is 12.3. The fourth-order valence-corrected chi connectivity index (χ4v) is 5.01. The number of sulfonamides is 1. The van der Waals surface area contributed by atoms with Gasteiger partial charge in [-0.1, -0.05) is 5.16 Å². The topological polar surface area (TPSA) is 92.5 Å². The number of rotatable bonds is 6. The molecular weight excluding hydrogens is 387 g/mol. The van der Waals surface area contributed by atoms with Gasteiger partial charge in [0.05, 0.1) is 12.2 Å². The highest BCUT2D eigenvalue weighted by molar-refractivity contribution is 7.89. The highest BCUT2D eigenvalue weighted by Crippen LogP contribution is 2.40. The van der Waals surface area contributed by atoms with Crippen molar-refractivity contribution >= 4 is 15.9 Å². The quantitative estimate of drug-likeness (QED) is 0.779. The van der Waals surface area contributed by atoms with Gasteiger partial charge in [0.15, 0.2) is 5.69 Å². The fraction of sp³-hybridized carbons (Fsp3) is 0.750. The second-order valence-corrected chi connectivity index (χ2v) is 9.27. The molecule has 0 unspecified atom stereocenters. The van der Waals surface area contributed by atoms with Crippen molar-refractivity contribution in [3.05, 3.63) is 17.5 Å². The van der Waals surface area contributed by atoms with Crippen molar-refractivity contribution in [1.82, 2.24) is 14.8 Å². The zero-order valence-electron chi connectivity index (χ0n) is 14.8. The molecule has 2 aliphatic rings. The van der Waals surface area contributed by atoms with E-state index in [1.807, 2.05) is 0 Å². The van der Waals surface area contributed by atoms with Crippen molar-refractivity contribution in [2.75, 3.05) is 12.3 Å². The molecule has 2 heterocycles. The Kier molecular flexibility index (Phi) is 5.53. The van der Waals surface area contributed by atoms with Gasteiger partial charge in [-0.2, -0.15) is 17.5 Å². The van der Waals surface area contributed by atoms with Gasteiger partial charge < -0.3 is 9.84 Å². The van der Waals surface area contributed by atoms with Crippen LogP contribution in [0.15, 0.2) is 10.6 Å². The van der Waals surface area contributed by atoms with Crippen molar-refractivity contribution in [3.8, 4) is 0 Å². The van der Waals surface area contributed by atoms with Gasteiger partial charge in [-0.05, 0) is 32.6 Å². The Bertz CT molecular complexity index is 789. The molecule has 1 amide bonds. The van der Waals surface area contributed by atoms with Crippen LogP contribution in [0.5, 0.6) is 0 Å². The van der Waals surface area contributed by atoms with Crippen LogP contribution in [0.25, 0.3) is 0 Å². The number of halogens is 3. The van der Waals surface area contributed by atoms with Crippen molar-refractivity contribution in [2.24, 2.45) is 0 Å². The Labute approximate surface area is 155 Å². The van der Waals surface area contributed by atoms with Gasteiger partial charge in [0.25, 0.3) is 5.91 Å². The van der Waals surface area contributed by atoms with Crippen LogP contribution >= 0.6 is 0 Å². The molecule has 152 valence electrons.